The third kappa shape index (κ3) is 5.51. The summed E-state index contributed by atoms with van der Waals surface area (Å²) in [6.07, 6.45) is 0. The molecule has 0 atom stereocenters. The van der Waals surface area contributed by atoms with E-state index in [4.69, 9.17) is 15.2 Å². The lowest BCUT2D eigenvalue weighted by Crippen LogP contribution is -2.13. The van der Waals surface area contributed by atoms with E-state index >= 15 is 0 Å². The Bertz CT molecular complexity index is 387. The first-order valence-corrected chi connectivity index (χ1v) is 6.59. The van der Waals surface area contributed by atoms with Crippen LogP contribution >= 0.6 is 15.9 Å². The fraction of sp³-hybridized carbons (Fsp3) is 0.462. The van der Waals surface area contributed by atoms with Crippen molar-refractivity contribution in [2.75, 3.05) is 25.6 Å². The number of carbonyl (C=O) groups is 1. The van der Waals surface area contributed by atoms with E-state index in [1.807, 2.05) is 0 Å². The highest BCUT2D eigenvalue weighted by Crippen LogP contribution is 2.17. The van der Waals surface area contributed by atoms with Crippen LogP contribution in [0.5, 0.6) is 0 Å². The van der Waals surface area contributed by atoms with Gasteiger partial charge in [0, 0.05) is 16.8 Å². The van der Waals surface area contributed by atoms with E-state index in [9.17, 15) is 4.79 Å². The summed E-state index contributed by atoms with van der Waals surface area (Å²) < 4.78 is 11.2. The zero-order valence-electron chi connectivity index (χ0n) is 10.6. The largest absolute Gasteiger partial charge is 0.460 e. The smallest absolute Gasteiger partial charge is 0.338 e. The van der Waals surface area contributed by atoms with Crippen molar-refractivity contribution in [3.05, 3.63) is 28.2 Å². The molecule has 0 radical (unpaired) electrons. The van der Waals surface area contributed by atoms with Crippen molar-refractivity contribution in [2.24, 2.45) is 5.92 Å². The topological polar surface area (TPSA) is 61.5 Å². The maximum absolute atomic E-state index is 11.7. The molecule has 4 nitrogen and oxygen atoms in total. The van der Waals surface area contributed by atoms with Gasteiger partial charge in [0.2, 0.25) is 0 Å². The molecule has 0 fully saturated rings. The third-order valence-corrected chi connectivity index (χ3v) is 2.53. The van der Waals surface area contributed by atoms with Gasteiger partial charge in [0.15, 0.2) is 0 Å². The van der Waals surface area contributed by atoms with Crippen LogP contribution < -0.4 is 5.73 Å². The first kappa shape index (κ1) is 15.0. The van der Waals surface area contributed by atoms with Gasteiger partial charge in [-0.05, 0) is 24.1 Å². The van der Waals surface area contributed by atoms with Gasteiger partial charge in [-0.3, -0.25) is 0 Å². The number of hydrogen-bond donors (Lipinski definition) is 1. The molecule has 0 heterocycles. The Morgan fingerprint density at radius 3 is 2.67 bits per heavy atom. The molecule has 100 valence electrons. The Labute approximate surface area is 116 Å². The second-order valence-electron chi connectivity index (χ2n) is 4.38. The summed E-state index contributed by atoms with van der Waals surface area (Å²) in [5.41, 5.74) is 6.60. The molecule has 0 unspecified atom stereocenters. The van der Waals surface area contributed by atoms with Crippen LogP contribution in [0.25, 0.3) is 0 Å². The lowest BCUT2D eigenvalue weighted by molar-refractivity contribution is 0.0277. The number of hydrogen-bond acceptors (Lipinski definition) is 4. The van der Waals surface area contributed by atoms with Crippen LogP contribution in [0.3, 0.4) is 0 Å². The maximum Gasteiger partial charge on any atom is 0.338 e. The van der Waals surface area contributed by atoms with Gasteiger partial charge in [-0.15, -0.1) is 0 Å². The molecule has 0 aliphatic rings. The summed E-state index contributed by atoms with van der Waals surface area (Å²) in [5.74, 6) is 0.0849. The monoisotopic (exact) mass is 315 g/mol. The second kappa shape index (κ2) is 7.38. The van der Waals surface area contributed by atoms with E-state index in [1.165, 1.54) is 0 Å². The van der Waals surface area contributed by atoms with Gasteiger partial charge in [-0.1, -0.05) is 29.8 Å². The number of benzene rings is 1. The molecule has 18 heavy (non-hydrogen) atoms. The standard InChI is InChI=1S/C13H18BrNO3/c1-9(2)8-17-3-4-18-13(16)10-5-11(14)7-12(15)6-10/h5-7,9H,3-4,8,15H2,1-2H3. The van der Waals surface area contributed by atoms with Crippen molar-refractivity contribution in [1.82, 2.24) is 0 Å². The fourth-order valence-corrected chi connectivity index (χ4v) is 1.84. The van der Waals surface area contributed by atoms with Crippen molar-refractivity contribution in [3.8, 4) is 0 Å². The average molecular weight is 316 g/mol. The predicted octanol–water partition coefficient (Wildman–Crippen LogP) is 2.86. The highest BCUT2D eigenvalue weighted by atomic mass is 79.9. The Balaban J connectivity index is 2.36. The number of nitrogens with two attached hydrogens (primary N) is 1. The predicted molar refractivity (Wildman–Crippen MR) is 74.5 cm³/mol. The minimum absolute atomic E-state index is 0.248. The summed E-state index contributed by atoms with van der Waals surface area (Å²) in [5, 5.41) is 0. The van der Waals surface area contributed by atoms with Crippen molar-refractivity contribution in [2.45, 2.75) is 13.8 Å². The first-order chi connectivity index (χ1) is 8.49. The number of halogens is 1. The molecule has 0 saturated carbocycles. The van der Waals surface area contributed by atoms with Gasteiger partial charge in [0.1, 0.15) is 6.61 Å². The summed E-state index contributed by atoms with van der Waals surface area (Å²) in [7, 11) is 0. The molecule has 2 N–H and O–H groups in total. The van der Waals surface area contributed by atoms with E-state index in [2.05, 4.69) is 29.8 Å². The Morgan fingerprint density at radius 1 is 1.33 bits per heavy atom. The molecule has 1 aromatic carbocycles. The van der Waals surface area contributed by atoms with Crippen LogP contribution in [-0.2, 0) is 9.47 Å². The zero-order valence-corrected chi connectivity index (χ0v) is 12.2. The molecule has 5 heteroatoms. The van der Waals surface area contributed by atoms with Gasteiger partial charge in [0.05, 0.1) is 12.2 Å². The van der Waals surface area contributed by atoms with E-state index in [-0.39, 0.29) is 6.61 Å². The lowest BCUT2D eigenvalue weighted by Gasteiger charge is -2.08. The maximum atomic E-state index is 11.7. The quantitative estimate of drug-likeness (QED) is 0.498. The van der Waals surface area contributed by atoms with Crippen molar-refractivity contribution in [3.63, 3.8) is 0 Å². The number of rotatable bonds is 6. The lowest BCUT2D eigenvalue weighted by atomic mass is 10.2. The van der Waals surface area contributed by atoms with Crippen LogP contribution in [0.1, 0.15) is 24.2 Å². The van der Waals surface area contributed by atoms with Gasteiger partial charge in [0.25, 0.3) is 0 Å². The zero-order chi connectivity index (χ0) is 13.5. The SMILES string of the molecule is CC(C)COCCOC(=O)c1cc(N)cc(Br)c1. The van der Waals surface area contributed by atoms with Crippen LogP contribution in [0.15, 0.2) is 22.7 Å². The fourth-order valence-electron chi connectivity index (χ4n) is 1.33. The molecule has 0 amide bonds. The molecular formula is C13H18BrNO3. The Morgan fingerprint density at radius 2 is 2.06 bits per heavy atom. The normalized spacial score (nSPS) is 10.7. The molecule has 0 aliphatic heterocycles. The highest BCUT2D eigenvalue weighted by Gasteiger charge is 2.08. The molecule has 0 aromatic heterocycles. The van der Waals surface area contributed by atoms with Gasteiger partial charge in [-0.25, -0.2) is 4.79 Å². The van der Waals surface area contributed by atoms with Crippen molar-refractivity contribution >= 4 is 27.6 Å². The molecule has 0 spiro atoms. The second-order valence-corrected chi connectivity index (χ2v) is 5.29. The number of esters is 1. The Kier molecular flexibility index (Phi) is 6.15. The highest BCUT2D eigenvalue weighted by molar-refractivity contribution is 9.10. The van der Waals surface area contributed by atoms with Crippen LogP contribution in [0.2, 0.25) is 0 Å². The average Bonchev–Trinajstić information content (AvgIpc) is 2.26. The molecular weight excluding hydrogens is 298 g/mol. The third-order valence-electron chi connectivity index (χ3n) is 2.07. The number of ether oxygens (including phenoxy) is 2. The number of carbonyl (C=O) groups excluding carboxylic acids is 1. The molecule has 1 aromatic rings. The van der Waals surface area contributed by atoms with E-state index in [1.54, 1.807) is 18.2 Å². The van der Waals surface area contributed by atoms with Crippen molar-refractivity contribution in [1.29, 1.82) is 0 Å². The van der Waals surface area contributed by atoms with Crippen molar-refractivity contribution < 1.29 is 14.3 Å². The number of nitrogen functional groups attached to an aromatic ring is 1. The molecule has 0 bridgehead atoms. The van der Waals surface area contributed by atoms with Gasteiger partial charge in [-0.2, -0.15) is 0 Å². The molecule has 0 aliphatic carbocycles. The molecule has 0 saturated heterocycles. The Hall–Kier alpha value is -1.07. The summed E-state index contributed by atoms with van der Waals surface area (Å²) >= 11 is 3.28. The van der Waals surface area contributed by atoms with Crippen LogP contribution in [-0.4, -0.2) is 25.8 Å². The van der Waals surface area contributed by atoms with E-state index < -0.39 is 5.97 Å². The number of anilines is 1. The van der Waals surface area contributed by atoms with Crippen LogP contribution in [0.4, 0.5) is 5.69 Å². The first-order valence-electron chi connectivity index (χ1n) is 5.80. The van der Waals surface area contributed by atoms with E-state index in [0.29, 0.717) is 30.4 Å². The summed E-state index contributed by atoms with van der Waals surface area (Å²) in [4.78, 5) is 11.7. The van der Waals surface area contributed by atoms with Gasteiger partial charge < -0.3 is 15.2 Å². The van der Waals surface area contributed by atoms with Crippen LogP contribution in [0, 0.1) is 5.92 Å². The van der Waals surface area contributed by atoms with E-state index in [0.717, 1.165) is 4.47 Å². The summed E-state index contributed by atoms with van der Waals surface area (Å²) in [6, 6.07) is 4.98. The van der Waals surface area contributed by atoms with Gasteiger partial charge >= 0.3 is 5.97 Å². The minimum Gasteiger partial charge on any atom is -0.460 e. The molecule has 1 rings (SSSR count). The minimum atomic E-state index is -0.392. The summed E-state index contributed by atoms with van der Waals surface area (Å²) in [6.45, 7) is 5.46.